The minimum atomic E-state index is -0.695. The van der Waals surface area contributed by atoms with Gasteiger partial charge in [0, 0.05) is 4.47 Å². The van der Waals surface area contributed by atoms with Crippen molar-refractivity contribution in [2.24, 2.45) is 0 Å². The van der Waals surface area contributed by atoms with E-state index in [0.29, 0.717) is 21.5 Å². The van der Waals surface area contributed by atoms with E-state index in [1.807, 2.05) is 0 Å². The summed E-state index contributed by atoms with van der Waals surface area (Å²) in [6.07, 6.45) is 1.42. The van der Waals surface area contributed by atoms with Gasteiger partial charge >= 0.3 is 0 Å². The third kappa shape index (κ3) is 2.59. The van der Waals surface area contributed by atoms with E-state index in [1.165, 1.54) is 18.3 Å². The molecular weight excluding hydrogens is 304 g/mol. The highest BCUT2D eigenvalue weighted by Gasteiger charge is 2.12. The van der Waals surface area contributed by atoms with Crippen molar-refractivity contribution in [3.63, 3.8) is 0 Å². The maximum Gasteiger partial charge on any atom is 0.150 e. The number of pyridine rings is 1. The van der Waals surface area contributed by atoms with Gasteiger partial charge in [0.25, 0.3) is 0 Å². The first-order valence-corrected chi connectivity index (χ1v) is 5.90. The van der Waals surface area contributed by atoms with Gasteiger partial charge in [-0.15, -0.1) is 0 Å². The van der Waals surface area contributed by atoms with E-state index in [1.54, 1.807) is 13.0 Å². The lowest BCUT2D eigenvalue weighted by Gasteiger charge is -2.11. The summed E-state index contributed by atoms with van der Waals surface area (Å²) in [5.41, 5.74) is 6.52. The van der Waals surface area contributed by atoms with Gasteiger partial charge in [-0.05, 0) is 30.7 Å². The molecule has 3 N–H and O–H groups in total. The fourth-order valence-corrected chi connectivity index (χ4v) is 1.91. The summed E-state index contributed by atoms with van der Waals surface area (Å²) in [6.45, 7) is 1.75. The molecule has 0 aliphatic carbocycles. The quantitative estimate of drug-likeness (QED) is 0.887. The van der Waals surface area contributed by atoms with Gasteiger partial charge in [-0.2, -0.15) is 0 Å². The third-order valence-corrected chi connectivity index (χ3v) is 2.81. The van der Waals surface area contributed by atoms with Crippen LogP contribution in [0.5, 0.6) is 0 Å². The van der Waals surface area contributed by atoms with Crippen LogP contribution >= 0.6 is 15.9 Å². The van der Waals surface area contributed by atoms with E-state index in [2.05, 4.69) is 26.2 Å². The SMILES string of the molecule is Cc1cc(N)cnc1Nc1c(F)cc(Br)cc1F. The predicted molar refractivity (Wildman–Crippen MR) is 70.7 cm³/mol. The van der Waals surface area contributed by atoms with Crippen LogP contribution in [-0.4, -0.2) is 4.98 Å². The molecule has 1 heterocycles. The molecule has 0 bridgehead atoms. The molecule has 0 saturated heterocycles. The second-order valence-electron chi connectivity index (χ2n) is 3.80. The Bertz CT molecular complexity index is 579. The highest BCUT2D eigenvalue weighted by Crippen LogP contribution is 2.27. The zero-order valence-corrected chi connectivity index (χ0v) is 11.1. The van der Waals surface area contributed by atoms with Crippen LogP contribution in [-0.2, 0) is 0 Å². The Hall–Kier alpha value is -1.69. The van der Waals surface area contributed by atoms with Crippen molar-refractivity contribution in [1.29, 1.82) is 0 Å². The van der Waals surface area contributed by atoms with Gasteiger partial charge in [-0.1, -0.05) is 15.9 Å². The molecule has 1 aromatic carbocycles. The van der Waals surface area contributed by atoms with E-state index in [0.717, 1.165) is 0 Å². The van der Waals surface area contributed by atoms with Gasteiger partial charge < -0.3 is 11.1 Å². The molecule has 18 heavy (non-hydrogen) atoms. The molecule has 1 aromatic heterocycles. The first-order valence-electron chi connectivity index (χ1n) is 5.11. The molecule has 0 aliphatic rings. The van der Waals surface area contributed by atoms with E-state index in [-0.39, 0.29) is 5.69 Å². The number of aromatic nitrogens is 1. The number of rotatable bonds is 2. The molecule has 3 nitrogen and oxygen atoms in total. The van der Waals surface area contributed by atoms with E-state index >= 15 is 0 Å². The summed E-state index contributed by atoms with van der Waals surface area (Å²) < 4.78 is 27.6. The minimum Gasteiger partial charge on any atom is -0.397 e. The summed E-state index contributed by atoms with van der Waals surface area (Å²) in [6, 6.07) is 4.03. The molecule has 0 unspecified atom stereocenters. The van der Waals surface area contributed by atoms with Gasteiger partial charge in [0.15, 0.2) is 11.6 Å². The van der Waals surface area contributed by atoms with Gasteiger partial charge in [0.05, 0.1) is 11.9 Å². The lowest BCUT2D eigenvalue weighted by atomic mass is 10.2. The maximum atomic E-state index is 13.6. The minimum absolute atomic E-state index is 0.237. The van der Waals surface area contributed by atoms with Crippen molar-refractivity contribution < 1.29 is 8.78 Å². The fourth-order valence-electron chi connectivity index (χ4n) is 1.51. The highest BCUT2D eigenvalue weighted by atomic mass is 79.9. The molecule has 0 radical (unpaired) electrons. The number of anilines is 3. The molecule has 0 aliphatic heterocycles. The van der Waals surface area contributed by atoms with Gasteiger partial charge in [-0.3, -0.25) is 0 Å². The second kappa shape index (κ2) is 4.89. The Balaban J connectivity index is 2.40. The standard InChI is InChI=1S/C12H10BrF2N3/c1-6-2-8(16)5-17-12(6)18-11-9(14)3-7(13)4-10(11)15/h2-5H,16H2,1H3,(H,17,18). The number of nitrogens with one attached hydrogen (secondary N) is 1. The van der Waals surface area contributed by atoms with Crippen LogP contribution in [0.25, 0.3) is 0 Å². The van der Waals surface area contributed by atoms with Crippen LogP contribution in [0.3, 0.4) is 0 Å². The number of halogens is 3. The lowest BCUT2D eigenvalue weighted by molar-refractivity contribution is 0.589. The second-order valence-corrected chi connectivity index (χ2v) is 4.72. The molecule has 6 heteroatoms. The largest absolute Gasteiger partial charge is 0.397 e. The fraction of sp³-hybridized carbons (Fsp3) is 0.0833. The summed E-state index contributed by atoms with van der Waals surface area (Å²) in [5, 5.41) is 2.63. The third-order valence-electron chi connectivity index (χ3n) is 2.35. The van der Waals surface area contributed by atoms with Crippen molar-refractivity contribution in [2.45, 2.75) is 6.92 Å². The molecule has 94 valence electrons. The van der Waals surface area contributed by atoms with Crippen molar-refractivity contribution >= 4 is 33.1 Å². The predicted octanol–water partition coefficient (Wildman–Crippen LogP) is 3.76. The smallest absolute Gasteiger partial charge is 0.150 e. The number of hydrogen-bond acceptors (Lipinski definition) is 3. The molecule has 0 amide bonds. The Kier molecular flexibility index (Phi) is 3.47. The molecular formula is C12H10BrF2N3. The average Bonchev–Trinajstić information content (AvgIpc) is 2.25. The number of hydrogen-bond donors (Lipinski definition) is 2. The Morgan fingerprint density at radius 3 is 2.39 bits per heavy atom. The number of aryl methyl sites for hydroxylation is 1. The highest BCUT2D eigenvalue weighted by molar-refractivity contribution is 9.10. The van der Waals surface area contributed by atoms with Crippen LogP contribution in [0.2, 0.25) is 0 Å². The van der Waals surface area contributed by atoms with Crippen LogP contribution in [0, 0.1) is 18.6 Å². The normalized spacial score (nSPS) is 10.4. The van der Waals surface area contributed by atoms with Crippen LogP contribution in [0.1, 0.15) is 5.56 Å². The summed E-state index contributed by atoms with van der Waals surface area (Å²) in [7, 11) is 0. The summed E-state index contributed by atoms with van der Waals surface area (Å²) in [5.74, 6) is -1.02. The van der Waals surface area contributed by atoms with Crippen molar-refractivity contribution in [1.82, 2.24) is 4.98 Å². The first kappa shape index (κ1) is 12.8. The Labute approximate surface area is 111 Å². The zero-order valence-electron chi connectivity index (χ0n) is 9.47. The van der Waals surface area contributed by atoms with Crippen LogP contribution < -0.4 is 11.1 Å². The van der Waals surface area contributed by atoms with Gasteiger partial charge in [0.1, 0.15) is 11.5 Å². The molecule has 0 saturated carbocycles. The summed E-state index contributed by atoms with van der Waals surface area (Å²) >= 11 is 3.02. The Morgan fingerprint density at radius 1 is 1.22 bits per heavy atom. The van der Waals surface area contributed by atoms with Gasteiger partial charge in [0.2, 0.25) is 0 Å². The number of benzene rings is 1. The average molecular weight is 314 g/mol. The van der Waals surface area contributed by atoms with E-state index < -0.39 is 11.6 Å². The van der Waals surface area contributed by atoms with Crippen molar-refractivity contribution in [2.75, 3.05) is 11.1 Å². The molecule has 0 spiro atoms. The lowest BCUT2D eigenvalue weighted by Crippen LogP contribution is -2.02. The molecule has 0 atom stereocenters. The van der Waals surface area contributed by atoms with Crippen LogP contribution in [0.4, 0.5) is 26.0 Å². The Morgan fingerprint density at radius 2 is 1.83 bits per heavy atom. The van der Waals surface area contributed by atoms with Crippen molar-refractivity contribution in [3.8, 4) is 0 Å². The maximum absolute atomic E-state index is 13.6. The van der Waals surface area contributed by atoms with E-state index in [4.69, 9.17) is 5.73 Å². The van der Waals surface area contributed by atoms with Gasteiger partial charge in [-0.25, -0.2) is 13.8 Å². The number of nitrogens with zero attached hydrogens (tertiary/aromatic N) is 1. The number of nitrogens with two attached hydrogens (primary N) is 1. The first-order chi connectivity index (χ1) is 8.47. The molecule has 2 aromatic rings. The van der Waals surface area contributed by atoms with Crippen molar-refractivity contribution in [3.05, 3.63) is 46.1 Å². The molecule has 0 fully saturated rings. The van der Waals surface area contributed by atoms with Crippen LogP contribution in [0.15, 0.2) is 28.9 Å². The topological polar surface area (TPSA) is 50.9 Å². The van der Waals surface area contributed by atoms with E-state index in [9.17, 15) is 8.78 Å². The zero-order chi connectivity index (χ0) is 13.3. The molecule has 2 rings (SSSR count). The number of nitrogen functional groups attached to an aromatic ring is 1. The summed E-state index contributed by atoms with van der Waals surface area (Å²) in [4.78, 5) is 4.00. The monoisotopic (exact) mass is 313 g/mol.